The molecule has 0 aliphatic carbocycles. The number of benzene rings is 2. The van der Waals surface area contributed by atoms with E-state index in [2.05, 4.69) is 0 Å². The first-order valence-electron chi connectivity index (χ1n) is 7.53. The van der Waals surface area contributed by atoms with Crippen molar-refractivity contribution in [3.63, 3.8) is 0 Å². The zero-order valence-electron chi connectivity index (χ0n) is 14.3. The molecular weight excluding hydrogens is 431 g/mol. The van der Waals surface area contributed by atoms with Crippen LogP contribution in [-0.4, -0.2) is 40.2 Å². The van der Waals surface area contributed by atoms with Gasteiger partial charge in [0.25, 0.3) is 0 Å². The zero-order valence-corrected chi connectivity index (χ0v) is 16.7. The molecule has 0 saturated heterocycles. The van der Waals surface area contributed by atoms with E-state index in [1.807, 2.05) is 0 Å². The SMILES string of the molecule is CCOC(=O)c1cc(Cl)c(C=O)c(Cl)c1.O=Cc1cc(C=O)cc(S(=O)[O-])c1. The Labute approximate surface area is 172 Å². The van der Waals surface area contributed by atoms with Crippen molar-refractivity contribution in [1.29, 1.82) is 0 Å². The summed E-state index contributed by atoms with van der Waals surface area (Å²) in [6.45, 7) is 1.96. The maximum Gasteiger partial charge on any atom is 0.338 e. The molecule has 0 N–H and O–H groups in total. The molecule has 0 aliphatic rings. The molecule has 1 unspecified atom stereocenters. The van der Waals surface area contributed by atoms with Gasteiger partial charge in [0.2, 0.25) is 0 Å². The summed E-state index contributed by atoms with van der Waals surface area (Å²) < 4.78 is 25.8. The van der Waals surface area contributed by atoms with E-state index in [1.165, 1.54) is 30.3 Å². The largest absolute Gasteiger partial charge is 0.768 e. The number of esters is 1. The number of carbonyl (C=O) groups excluding carboxylic acids is 4. The molecule has 10 heteroatoms. The van der Waals surface area contributed by atoms with Gasteiger partial charge in [-0.2, -0.15) is 0 Å². The highest BCUT2D eigenvalue weighted by Crippen LogP contribution is 2.25. The Kier molecular flexibility index (Phi) is 9.67. The smallest absolute Gasteiger partial charge is 0.338 e. The zero-order chi connectivity index (χ0) is 21.3. The highest BCUT2D eigenvalue weighted by atomic mass is 35.5. The Hall–Kier alpha value is -2.39. The van der Waals surface area contributed by atoms with Crippen LogP contribution >= 0.6 is 23.2 Å². The van der Waals surface area contributed by atoms with Crippen molar-refractivity contribution in [2.75, 3.05) is 6.61 Å². The molecular formula is C18H13Cl2O7S-. The molecule has 28 heavy (non-hydrogen) atoms. The predicted molar refractivity (Wildman–Crippen MR) is 102 cm³/mol. The van der Waals surface area contributed by atoms with Crippen LogP contribution in [0.25, 0.3) is 0 Å². The van der Waals surface area contributed by atoms with Crippen molar-refractivity contribution in [2.45, 2.75) is 11.8 Å². The minimum Gasteiger partial charge on any atom is -0.768 e. The Morgan fingerprint density at radius 3 is 1.86 bits per heavy atom. The third-order valence-electron chi connectivity index (χ3n) is 3.12. The maximum atomic E-state index is 11.3. The standard InChI is InChI=1S/C10H8Cl2O3.C8H6O4S/c1-2-15-10(14)6-3-8(11)7(5-13)9(12)4-6;9-4-6-1-7(5-10)3-8(2-6)13(11)12/h3-5H,2H2,1H3;1-5H,(H,11,12)/p-1. The van der Waals surface area contributed by atoms with Crippen LogP contribution in [0.4, 0.5) is 0 Å². The van der Waals surface area contributed by atoms with Crippen LogP contribution < -0.4 is 0 Å². The Balaban J connectivity index is 0.000000283. The molecule has 0 bridgehead atoms. The molecule has 0 aliphatic heterocycles. The molecule has 2 aromatic rings. The molecule has 1 atom stereocenters. The number of hydrogen-bond acceptors (Lipinski definition) is 7. The van der Waals surface area contributed by atoms with Crippen LogP contribution in [0.2, 0.25) is 10.0 Å². The van der Waals surface area contributed by atoms with E-state index in [9.17, 15) is 27.9 Å². The highest BCUT2D eigenvalue weighted by Gasteiger charge is 2.13. The summed E-state index contributed by atoms with van der Waals surface area (Å²) in [6.07, 6.45) is 1.52. The second kappa shape index (κ2) is 11.5. The molecule has 0 spiro atoms. The van der Waals surface area contributed by atoms with Crippen LogP contribution in [0.15, 0.2) is 35.2 Å². The van der Waals surface area contributed by atoms with Crippen LogP contribution in [-0.2, 0) is 15.8 Å². The van der Waals surface area contributed by atoms with E-state index in [4.69, 9.17) is 27.9 Å². The molecule has 0 aromatic heterocycles. The average Bonchev–Trinajstić information content (AvgIpc) is 2.67. The van der Waals surface area contributed by atoms with Crippen LogP contribution in [0.3, 0.4) is 0 Å². The summed E-state index contributed by atoms with van der Waals surface area (Å²) in [6, 6.07) is 6.42. The second-order valence-corrected chi connectivity index (χ2v) is 6.75. The summed E-state index contributed by atoms with van der Waals surface area (Å²) in [5.74, 6) is -0.515. The van der Waals surface area contributed by atoms with Crippen molar-refractivity contribution in [3.8, 4) is 0 Å². The highest BCUT2D eigenvalue weighted by molar-refractivity contribution is 7.79. The van der Waals surface area contributed by atoms with Gasteiger partial charge in [0.1, 0.15) is 12.6 Å². The number of aldehydes is 3. The number of carbonyl (C=O) groups is 4. The molecule has 0 fully saturated rings. The third kappa shape index (κ3) is 6.65. The van der Waals surface area contributed by atoms with Crippen LogP contribution in [0.1, 0.15) is 48.4 Å². The van der Waals surface area contributed by atoms with Gasteiger partial charge in [-0.1, -0.05) is 23.2 Å². The van der Waals surface area contributed by atoms with Crippen molar-refractivity contribution >= 4 is 59.1 Å². The van der Waals surface area contributed by atoms with E-state index in [1.54, 1.807) is 6.92 Å². The van der Waals surface area contributed by atoms with Crippen molar-refractivity contribution in [1.82, 2.24) is 0 Å². The third-order valence-corrected chi connectivity index (χ3v) is 4.37. The van der Waals surface area contributed by atoms with E-state index in [0.29, 0.717) is 18.9 Å². The first-order valence-corrected chi connectivity index (χ1v) is 9.36. The Morgan fingerprint density at radius 2 is 1.50 bits per heavy atom. The Morgan fingerprint density at radius 1 is 1.00 bits per heavy atom. The van der Waals surface area contributed by atoms with E-state index >= 15 is 0 Å². The van der Waals surface area contributed by atoms with Gasteiger partial charge >= 0.3 is 5.97 Å². The quantitative estimate of drug-likeness (QED) is 0.380. The molecule has 0 amide bonds. The van der Waals surface area contributed by atoms with Gasteiger partial charge in [0.15, 0.2) is 6.29 Å². The first kappa shape index (κ1) is 23.6. The fourth-order valence-electron chi connectivity index (χ4n) is 1.91. The van der Waals surface area contributed by atoms with Gasteiger partial charge in [-0.15, -0.1) is 0 Å². The summed E-state index contributed by atoms with van der Waals surface area (Å²) >= 11 is 9.09. The van der Waals surface area contributed by atoms with E-state index in [0.717, 1.165) is 0 Å². The molecule has 2 rings (SSSR count). The lowest BCUT2D eigenvalue weighted by Crippen LogP contribution is -2.05. The molecule has 148 valence electrons. The van der Waals surface area contributed by atoms with Gasteiger partial charge in [-0.05, 0) is 48.3 Å². The summed E-state index contributed by atoms with van der Waals surface area (Å²) in [5, 5.41) is 0.279. The minimum absolute atomic E-state index is 0.0632. The summed E-state index contributed by atoms with van der Waals surface area (Å²) in [5.41, 5.74) is 0.747. The fraction of sp³-hybridized carbons (Fsp3) is 0.111. The lowest BCUT2D eigenvalue weighted by molar-refractivity contribution is 0.0526. The van der Waals surface area contributed by atoms with E-state index in [-0.39, 0.29) is 43.8 Å². The lowest BCUT2D eigenvalue weighted by atomic mass is 10.1. The number of halogens is 2. The van der Waals surface area contributed by atoms with Gasteiger partial charge in [0, 0.05) is 16.0 Å². The minimum atomic E-state index is -2.42. The molecule has 0 radical (unpaired) electrons. The van der Waals surface area contributed by atoms with Crippen molar-refractivity contribution < 1.29 is 32.7 Å². The average molecular weight is 444 g/mol. The maximum absolute atomic E-state index is 11.3. The first-order chi connectivity index (χ1) is 13.3. The van der Waals surface area contributed by atoms with Crippen molar-refractivity contribution in [2.24, 2.45) is 0 Å². The second-order valence-electron chi connectivity index (χ2n) is 5.00. The fourth-order valence-corrected chi connectivity index (χ4v) is 2.95. The van der Waals surface area contributed by atoms with Gasteiger partial charge in [-0.3, -0.25) is 18.6 Å². The molecule has 0 saturated carbocycles. The number of hydrogen-bond donors (Lipinski definition) is 0. The lowest BCUT2D eigenvalue weighted by Gasteiger charge is -2.05. The van der Waals surface area contributed by atoms with Crippen LogP contribution in [0, 0.1) is 0 Å². The van der Waals surface area contributed by atoms with Gasteiger partial charge < -0.3 is 9.29 Å². The molecule has 0 heterocycles. The van der Waals surface area contributed by atoms with E-state index < -0.39 is 17.0 Å². The Bertz CT molecular complexity index is 879. The van der Waals surface area contributed by atoms with Gasteiger partial charge in [-0.25, -0.2) is 4.79 Å². The topological polar surface area (TPSA) is 118 Å². The predicted octanol–water partition coefficient (Wildman–Crippen LogP) is 3.53. The van der Waals surface area contributed by atoms with Crippen molar-refractivity contribution in [3.05, 3.63) is 62.6 Å². The molecule has 7 nitrogen and oxygen atoms in total. The number of rotatable bonds is 6. The summed E-state index contributed by atoms with van der Waals surface area (Å²) in [4.78, 5) is 42.5. The molecule has 2 aromatic carbocycles. The summed E-state index contributed by atoms with van der Waals surface area (Å²) in [7, 11) is 0. The van der Waals surface area contributed by atoms with Gasteiger partial charge in [0.05, 0.1) is 27.8 Å². The number of ether oxygens (including phenoxy) is 1. The monoisotopic (exact) mass is 443 g/mol. The normalized spacial score (nSPS) is 10.9. The van der Waals surface area contributed by atoms with Crippen LogP contribution in [0.5, 0.6) is 0 Å².